The number of phenolic OH excluding ortho intramolecular Hbond substituents is 1. The Hall–Kier alpha value is -2.99. The molecule has 0 aliphatic heterocycles. The van der Waals surface area contributed by atoms with Gasteiger partial charge in [-0.3, -0.25) is 4.79 Å². The quantitative estimate of drug-likeness (QED) is 0.663. The second-order valence-electron chi connectivity index (χ2n) is 7.16. The first kappa shape index (κ1) is 20.7. The molecule has 1 fully saturated rings. The van der Waals surface area contributed by atoms with Crippen molar-refractivity contribution in [1.29, 1.82) is 5.26 Å². The number of aliphatic hydroxyl groups is 1. The average Bonchev–Trinajstić information content (AvgIpc) is 2.74. The molecule has 5 nitrogen and oxygen atoms in total. The van der Waals surface area contributed by atoms with E-state index in [0.717, 1.165) is 19.3 Å². The van der Waals surface area contributed by atoms with Crippen LogP contribution in [0.2, 0.25) is 5.02 Å². The Morgan fingerprint density at radius 1 is 1.14 bits per heavy atom. The van der Waals surface area contributed by atoms with Gasteiger partial charge in [0, 0.05) is 17.2 Å². The van der Waals surface area contributed by atoms with Crippen molar-refractivity contribution in [3.05, 3.63) is 58.6 Å². The number of phenols is 1. The van der Waals surface area contributed by atoms with E-state index in [2.05, 4.69) is 17.2 Å². The molecule has 148 valence electrons. The molecule has 6 heteroatoms. The lowest BCUT2D eigenvalue weighted by atomic mass is 9.76. The van der Waals surface area contributed by atoms with Gasteiger partial charge in [-0.25, -0.2) is 0 Å². The van der Waals surface area contributed by atoms with Gasteiger partial charge >= 0.3 is 0 Å². The van der Waals surface area contributed by atoms with Crippen LogP contribution in [0, 0.1) is 29.1 Å². The summed E-state index contributed by atoms with van der Waals surface area (Å²) in [5, 5.41) is 32.6. The zero-order valence-corrected chi connectivity index (χ0v) is 16.5. The molecule has 1 aliphatic carbocycles. The SMILES string of the molecule is N#Cc1ccc(NC(=O)C(O)(C#Cc2ccc(O)cc2)C2CCCCC2)cc1Cl. The van der Waals surface area contributed by atoms with Gasteiger partial charge in [-0.2, -0.15) is 5.26 Å². The summed E-state index contributed by atoms with van der Waals surface area (Å²) < 4.78 is 0. The van der Waals surface area contributed by atoms with Crippen molar-refractivity contribution in [3.63, 3.8) is 0 Å². The maximum Gasteiger partial charge on any atom is 0.269 e. The summed E-state index contributed by atoms with van der Waals surface area (Å²) in [5.41, 5.74) is -0.580. The van der Waals surface area contributed by atoms with Crippen LogP contribution in [0.25, 0.3) is 0 Å². The third-order valence-electron chi connectivity index (χ3n) is 5.15. The van der Waals surface area contributed by atoms with Gasteiger partial charge < -0.3 is 15.5 Å². The van der Waals surface area contributed by atoms with E-state index >= 15 is 0 Å². The van der Waals surface area contributed by atoms with Crippen molar-refractivity contribution >= 4 is 23.2 Å². The molecule has 3 N–H and O–H groups in total. The molecule has 0 saturated heterocycles. The number of hydrogen-bond acceptors (Lipinski definition) is 4. The van der Waals surface area contributed by atoms with Crippen molar-refractivity contribution in [2.75, 3.05) is 5.32 Å². The van der Waals surface area contributed by atoms with Crippen molar-refractivity contribution in [3.8, 4) is 23.7 Å². The zero-order chi connectivity index (χ0) is 20.9. The highest BCUT2D eigenvalue weighted by molar-refractivity contribution is 6.32. The highest BCUT2D eigenvalue weighted by Gasteiger charge is 2.43. The van der Waals surface area contributed by atoms with Crippen molar-refractivity contribution in [1.82, 2.24) is 0 Å². The van der Waals surface area contributed by atoms with Gasteiger partial charge in [0.15, 0.2) is 0 Å². The van der Waals surface area contributed by atoms with Gasteiger partial charge in [0.2, 0.25) is 5.60 Å². The molecule has 0 bridgehead atoms. The van der Waals surface area contributed by atoms with Crippen LogP contribution >= 0.6 is 11.6 Å². The molecular formula is C23H21ClN2O3. The predicted octanol–water partition coefficient (Wildman–Crippen LogP) is 4.22. The molecule has 2 aromatic carbocycles. The number of anilines is 1. The fourth-order valence-electron chi connectivity index (χ4n) is 3.49. The summed E-state index contributed by atoms with van der Waals surface area (Å²) in [6.45, 7) is 0. The molecule has 3 rings (SSSR count). The first-order valence-electron chi connectivity index (χ1n) is 9.48. The number of aromatic hydroxyl groups is 1. The summed E-state index contributed by atoms with van der Waals surface area (Å²) in [4.78, 5) is 13.1. The van der Waals surface area contributed by atoms with E-state index in [4.69, 9.17) is 16.9 Å². The molecule has 0 heterocycles. The lowest BCUT2D eigenvalue weighted by molar-refractivity contribution is -0.134. The Morgan fingerprint density at radius 2 is 1.83 bits per heavy atom. The number of nitrogens with one attached hydrogen (secondary N) is 1. The minimum absolute atomic E-state index is 0.119. The van der Waals surface area contributed by atoms with Crippen LogP contribution in [-0.4, -0.2) is 21.7 Å². The van der Waals surface area contributed by atoms with Crippen LogP contribution < -0.4 is 5.32 Å². The Kier molecular flexibility index (Phi) is 6.44. The molecule has 1 saturated carbocycles. The number of halogens is 1. The summed E-state index contributed by atoms with van der Waals surface area (Å²) in [7, 11) is 0. The highest BCUT2D eigenvalue weighted by Crippen LogP contribution is 2.34. The first-order valence-corrected chi connectivity index (χ1v) is 9.86. The van der Waals surface area contributed by atoms with E-state index < -0.39 is 11.5 Å². The molecule has 1 amide bonds. The molecule has 0 spiro atoms. The van der Waals surface area contributed by atoms with Crippen molar-refractivity contribution < 1.29 is 15.0 Å². The second kappa shape index (κ2) is 9.01. The molecule has 1 aliphatic rings. The van der Waals surface area contributed by atoms with E-state index in [-0.39, 0.29) is 16.7 Å². The van der Waals surface area contributed by atoms with E-state index in [1.807, 2.05) is 6.07 Å². The number of nitriles is 1. The minimum atomic E-state index is -1.86. The summed E-state index contributed by atoms with van der Waals surface area (Å²) >= 11 is 6.05. The van der Waals surface area contributed by atoms with Crippen LogP contribution in [0.4, 0.5) is 5.69 Å². The summed E-state index contributed by atoms with van der Waals surface area (Å²) in [6, 6.07) is 12.8. The molecule has 0 radical (unpaired) electrons. The lowest BCUT2D eigenvalue weighted by Gasteiger charge is -2.33. The molecule has 1 atom stereocenters. The Morgan fingerprint density at radius 3 is 2.45 bits per heavy atom. The number of hydrogen-bond donors (Lipinski definition) is 3. The molecule has 1 unspecified atom stereocenters. The molecule has 2 aromatic rings. The zero-order valence-electron chi connectivity index (χ0n) is 15.8. The normalized spacial score (nSPS) is 16.0. The smallest absolute Gasteiger partial charge is 0.269 e. The Labute approximate surface area is 174 Å². The Bertz CT molecular complexity index is 996. The number of nitrogens with zero attached hydrogens (tertiary/aromatic N) is 1. The standard InChI is InChI=1S/C23H21ClN2O3/c24-21-14-19(9-8-17(21)15-25)26-22(28)23(29,18-4-2-1-3-5-18)13-12-16-6-10-20(27)11-7-16/h6-11,14,18,27,29H,1-5H2,(H,26,28). The predicted molar refractivity (Wildman–Crippen MR) is 111 cm³/mol. The van der Waals surface area contributed by atoms with Crippen LogP contribution in [-0.2, 0) is 4.79 Å². The lowest BCUT2D eigenvalue weighted by Crippen LogP contribution is -2.48. The fourth-order valence-corrected chi connectivity index (χ4v) is 3.71. The topological polar surface area (TPSA) is 93.4 Å². The van der Waals surface area contributed by atoms with Gasteiger partial charge in [-0.1, -0.05) is 42.7 Å². The van der Waals surface area contributed by atoms with Crippen LogP contribution in [0.1, 0.15) is 43.2 Å². The van der Waals surface area contributed by atoms with E-state index in [0.29, 0.717) is 29.7 Å². The fraction of sp³-hybridized carbons (Fsp3) is 0.304. The maximum atomic E-state index is 13.1. The molecule has 0 aromatic heterocycles. The number of carbonyl (C=O) groups excluding carboxylic acids is 1. The van der Waals surface area contributed by atoms with E-state index in [1.165, 1.54) is 24.3 Å². The van der Waals surface area contributed by atoms with Crippen LogP contribution in [0.5, 0.6) is 5.75 Å². The Balaban J connectivity index is 1.90. The van der Waals surface area contributed by atoms with Gasteiger partial charge in [0.25, 0.3) is 5.91 Å². The van der Waals surface area contributed by atoms with Gasteiger partial charge in [0.1, 0.15) is 11.8 Å². The van der Waals surface area contributed by atoms with Crippen LogP contribution in [0.3, 0.4) is 0 Å². The largest absolute Gasteiger partial charge is 0.508 e. The maximum absolute atomic E-state index is 13.1. The third kappa shape index (κ3) is 4.90. The van der Waals surface area contributed by atoms with Gasteiger partial charge in [-0.15, -0.1) is 0 Å². The first-order chi connectivity index (χ1) is 13.9. The minimum Gasteiger partial charge on any atom is -0.508 e. The molecule has 29 heavy (non-hydrogen) atoms. The monoisotopic (exact) mass is 408 g/mol. The van der Waals surface area contributed by atoms with Gasteiger partial charge in [-0.05, 0) is 55.3 Å². The number of amides is 1. The third-order valence-corrected chi connectivity index (χ3v) is 5.47. The van der Waals surface area contributed by atoms with Crippen LogP contribution in [0.15, 0.2) is 42.5 Å². The van der Waals surface area contributed by atoms with E-state index in [9.17, 15) is 15.0 Å². The average molecular weight is 409 g/mol. The highest BCUT2D eigenvalue weighted by atomic mass is 35.5. The van der Waals surface area contributed by atoms with Crippen molar-refractivity contribution in [2.45, 2.75) is 37.7 Å². The number of benzene rings is 2. The summed E-state index contributed by atoms with van der Waals surface area (Å²) in [6.07, 6.45) is 4.36. The second-order valence-corrected chi connectivity index (χ2v) is 7.57. The van der Waals surface area contributed by atoms with E-state index in [1.54, 1.807) is 18.2 Å². The number of carbonyl (C=O) groups is 1. The van der Waals surface area contributed by atoms with Crippen molar-refractivity contribution in [2.24, 2.45) is 5.92 Å². The summed E-state index contributed by atoms with van der Waals surface area (Å²) in [5.74, 6) is 4.87. The molecular weight excluding hydrogens is 388 g/mol. The van der Waals surface area contributed by atoms with Gasteiger partial charge in [0.05, 0.1) is 10.6 Å². The number of rotatable bonds is 3.